The first-order valence-electron chi connectivity index (χ1n) is 0.906. The smallest absolute Gasteiger partial charge is 0.0469 e. The van der Waals surface area contributed by atoms with Crippen LogP contribution in [0.3, 0.4) is 0 Å². The fourth-order valence-electron chi connectivity index (χ4n) is 0. The SMILES string of the molecule is CPN=O. The van der Waals surface area contributed by atoms with E-state index in [4.69, 9.17) is 4.91 Å². The van der Waals surface area contributed by atoms with Crippen LogP contribution in [-0.2, 0) is 0 Å². The normalized spacial score (nSPS) is 9.25. The van der Waals surface area contributed by atoms with E-state index in [0.717, 1.165) is 0 Å². The lowest BCUT2D eigenvalue weighted by Gasteiger charge is -1.52. The summed E-state index contributed by atoms with van der Waals surface area (Å²) < 4.78 is 0. The van der Waals surface area contributed by atoms with E-state index in [2.05, 4.69) is 4.95 Å². The molecule has 0 heterocycles. The molecule has 0 spiro atoms. The number of nitroso groups, excluding NO2 is 1. The van der Waals surface area contributed by atoms with Crippen LogP contribution in [0.1, 0.15) is 0 Å². The van der Waals surface area contributed by atoms with E-state index in [1.54, 1.807) is 6.66 Å². The molecule has 0 saturated heterocycles. The lowest BCUT2D eigenvalue weighted by molar-refractivity contribution is 1.85. The van der Waals surface area contributed by atoms with Crippen LogP contribution in [0.15, 0.2) is 4.95 Å². The van der Waals surface area contributed by atoms with E-state index in [1.807, 2.05) is 0 Å². The van der Waals surface area contributed by atoms with Crippen molar-refractivity contribution in [3.8, 4) is 0 Å². The van der Waals surface area contributed by atoms with Gasteiger partial charge in [-0.1, -0.05) is 4.95 Å². The minimum atomic E-state index is 0.210. The Bertz CT molecular complexity index is 22.0. The fraction of sp³-hybridized carbons (Fsp3) is 1.00. The molecule has 0 saturated carbocycles. The van der Waals surface area contributed by atoms with Gasteiger partial charge in [0, 0.05) is 8.73 Å². The van der Waals surface area contributed by atoms with Gasteiger partial charge in [-0.15, -0.1) is 4.91 Å². The summed E-state index contributed by atoms with van der Waals surface area (Å²) in [6, 6.07) is 0. The van der Waals surface area contributed by atoms with Crippen LogP contribution in [-0.4, -0.2) is 6.66 Å². The van der Waals surface area contributed by atoms with E-state index in [-0.39, 0.29) is 8.73 Å². The number of nitrogens with zero attached hydrogens (tertiary/aromatic N) is 1. The van der Waals surface area contributed by atoms with Crippen LogP contribution in [0.4, 0.5) is 0 Å². The van der Waals surface area contributed by atoms with Crippen molar-refractivity contribution in [2.75, 3.05) is 6.66 Å². The zero-order valence-corrected chi connectivity index (χ0v) is 3.36. The maximum Gasteiger partial charge on any atom is 0.0469 e. The zero-order valence-electron chi connectivity index (χ0n) is 2.36. The average molecular weight is 77.0 g/mol. The molecule has 4 heavy (non-hydrogen) atoms. The third kappa shape index (κ3) is 2.03. The van der Waals surface area contributed by atoms with Crippen molar-refractivity contribution in [1.82, 2.24) is 0 Å². The van der Waals surface area contributed by atoms with Crippen molar-refractivity contribution >= 4 is 8.73 Å². The molecule has 0 radical (unpaired) electrons. The van der Waals surface area contributed by atoms with Crippen LogP contribution in [0.2, 0.25) is 0 Å². The molecule has 0 aliphatic heterocycles. The number of hydrogen-bond acceptors (Lipinski definition) is 2. The van der Waals surface area contributed by atoms with Crippen molar-refractivity contribution in [2.45, 2.75) is 0 Å². The molecule has 0 aliphatic rings. The Morgan fingerprint density at radius 2 is 2.25 bits per heavy atom. The molecule has 0 fully saturated rings. The average Bonchev–Trinajstić information content (AvgIpc) is 1.37. The summed E-state index contributed by atoms with van der Waals surface area (Å²) in [5.74, 6) is 0. The molecular formula is CH4NOP. The second kappa shape index (κ2) is 3.03. The molecule has 2 nitrogen and oxygen atoms in total. The summed E-state index contributed by atoms with van der Waals surface area (Å²) >= 11 is 0. The Labute approximate surface area is 26.4 Å². The topological polar surface area (TPSA) is 29.4 Å². The predicted molar refractivity (Wildman–Crippen MR) is 20.0 cm³/mol. The highest BCUT2D eigenvalue weighted by atomic mass is 31.1. The number of hydrogen-bond donors (Lipinski definition) is 0. The molecule has 0 aromatic rings. The van der Waals surface area contributed by atoms with Crippen molar-refractivity contribution in [3.63, 3.8) is 0 Å². The van der Waals surface area contributed by atoms with E-state index in [0.29, 0.717) is 0 Å². The molecule has 0 aromatic carbocycles. The van der Waals surface area contributed by atoms with E-state index >= 15 is 0 Å². The highest BCUT2D eigenvalue weighted by Crippen LogP contribution is 1.97. The third-order valence-electron chi connectivity index (χ3n) is 0.0913. The van der Waals surface area contributed by atoms with Crippen LogP contribution in [0, 0.1) is 4.91 Å². The summed E-state index contributed by atoms with van der Waals surface area (Å²) in [4.78, 5) is 11.4. The Balaban J connectivity index is 2.30. The fourth-order valence-corrected chi connectivity index (χ4v) is 0. The summed E-state index contributed by atoms with van der Waals surface area (Å²) in [5.41, 5.74) is 0. The van der Waals surface area contributed by atoms with Crippen LogP contribution < -0.4 is 0 Å². The maximum absolute atomic E-state index is 8.94. The van der Waals surface area contributed by atoms with E-state index < -0.39 is 0 Å². The molecule has 0 N–H and O–H groups in total. The molecule has 0 aliphatic carbocycles. The summed E-state index contributed by atoms with van der Waals surface area (Å²) in [5, 5.41) is 0. The molecule has 0 rings (SSSR count). The van der Waals surface area contributed by atoms with Gasteiger partial charge in [-0.3, -0.25) is 0 Å². The first-order chi connectivity index (χ1) is 1.91. The largest absolute Gasteiger partial charge is 0.147 e. The minimum Gasteiger partial charge on any atom is -0.147 e. The molecule has 24 valence electrons. The van der Waals surface area contributed by atoms with Crippen molar-refractivity contribution < 1.29 is 0 Å². The summed E-state index contributed by atoms with van der Waals surface area (Å²) in [7, 11) is 0.210. The molecular weight excluding hydrogens is 73.0 g/mol. The van der Waals surface area contributed by atoms with Gasteiger partial charge in [-0.2, -0.15) is 0 Å². The molecule has 1 unspecified atom stereocenters. The van der Waals surface area contributed by atoms with Gasteiger partial charge in [0.05, 0.1) is 0 Å². The lowest BCUT2D eigenvalue weighted by Crippen LogP contribution is -1.19. The second-order valence-electron chi connectivity index (χ2n) is 0.315. The van der Waals surface area contributed by atoms with E-state index in [1.165, 1.54) is 0 Å². The first-order valence-corrected chi connectivity index (χ1v) is 2.35. The summed E-state index contributed by atoms with van der Waals surface area (Å²) in [6.45, 7) is 1.73. The van der Waals surface area contributed by atoms with Gasteiger partial charge in [-0.25, -0.2) is 0 Å². The highest BCUT2D eigenvalue weighted by molar-refractivity contribution is 7.35. The Hall–Kier alpha value is 0.0300. The van der Waals surface area contributed by atoms with Crippen LogP contribution in [0.5, 0.6) is 0 Å². The monoisotopic (exact) mass is 77.0 g/mol. The van der Waals surface area contributed by atoms with Gasteiger partial charge < -0.3 is 0 Å². The lowest BCUT2D eigenvalue weighted by atomic mass is 12.0. The molecule has 3 heteroatoms. The van der Waals surface area contributed by atoms with Crippen molar-refractivity contribution in [2.24, 2.45) is 4.95 Å². The second-order valence-corrected chi connectivity index (χ2v) is 0.945. The molecule has 0 bridgehead atoms. The quantitative estimate of drug-likeness (QED) is 0.338. The zero-order chi connectivity index (χ0) is 3.41. The standard InChI is InChI=1S/CH4NOP/c1-4-2-3/h4H,1H3. The molecule has 1 atom stereocenters. The first kappa shape index (κ1) is 4.03. The van der Waals surface area contributed by atoms with Crippen molar-refractivity contribution in [1.29, 1.82) is 0 Å². The van der Waals surface area contributed by atoms with Crippen molar-refractivity contribution in [3.05, 3.63) is 4.91 Å². The number of rotatable bonds is 1. The molecule has 0 amide bonds. The van der Waals surface area contributed by atoms with E-state index in [9.17, 15) is 0 Å². The molecule has 0 aromatic heterocycles. The van der Waals surface area contributed by atoms with Gasteiger partial charge in [0.2, 0.25) is 0 Å². The van der Waals surface area contributed by atoms with Gasteiger partial charge >= 0.3 is 0 Å². The maximum atomic E-state index is 8.94. The van der Waals surface area contributed by atoms with Gasteiger partial charge in [0.15, 0.2) is 0 Å². The Kier molecular flexibility index (Phi) is 3.05. The van der Waals surface area contributed by atoms with Gasteiger partial charge in [-0.05, 0) is 6.66 Å². The van der Waals surface area contributed by atoms with Crippen LogP contribution in [0.25, 0.3) is 0 Å². The van der Waals surface area contributed by atoms with Gasteiger partial charge in [0.1, 0.15) is 0 Å². The predicted octanol–water partition coefficient (Wildman–Crippen LogP) is 0.976. The Morgan fingerprint density at radius 3 is 2.25 bits per heavy atom. The third-order valence-corrected chi connectivity index (χ3v) is 0.274. The highest BCUT2D eigenvalue weighted by Gasteiger charge is 1.50. The van der Waals surface area contributed by atoms with Gasteiger partial charge in [0.25, 0.3) is 0 Å². The minimum absolute atomic E-state index is 0.210. The van der Waals surface area contributed by atoms with Crippen LogP contribution >= 0.6 is 8.73 Å². The Morgan fingerprint density at radius 1 is 2.00 bits per heavy atom. The summed E-state index contributed by atoms with van der Waals surface area (Å²) in [6.07, 6.45) is 0.